The van der Waals surface area contributed by atoms with E-state index in [2.05, 4.69) is 44.8 Å². The highest BCUT2D eigenvalue weighted by Gasteiger charge is 2.43. The number of carbonyl (C=O) groups excluding carboxylic acids is 2. The van der Waals surface area contributed by atoms with Crippen molar-refractivity contribution < 1.29 is 9.59 Å². The van der Waals surface area contributed by atoms with Crippen molar-refractivity contribution in [2.45, 2.75) is 31.5 Å². The number of fused-ring (bicyclic) bond motifs is 13. The van der Waals surface area contributed by atoms with E-state index in [-0.39, 0.29) is 18.0 Å². The van der Waals surface area contributed by atoms with Crippen molar-refractivity contribution in [3.63, 3.8) is 0 Å². The van der Waals surface area contributed by atoms with Gasteiger partial charge in [0.1, 0.15) is 0 Å². The largest absolute Gasteiger partial charge is 0.348 e. The molecule has 5 heteroatoms. The summed E-state index contributed by atoms with van der Waals surface area (Å²) in [6.45, 7) is 0.538. The fourth-order valence-corrected chi connectivity index (χ4v) is 6.50. The van der Waals surface area contributed by atoms with Gasteiger partial charge in [-0.2, -0.15) is 0 Å². The molecule has 144 valence electrons. The number of ketones is 1. The van der Waals surface area contributed by atoms with E-state index in [0.717, 1.165) is 61.2 Å². The van der Waals surface area contributed by atoms with E-state index in [0.29, 0.717) is 18.7 Å². The van der Waals surface area contributed by atoms with Crippen molar-refractivity contribution in [1.29, 1.82) is 0 Å². The minimum atomic E-state index is -0.137. The lowest BCUT2D eigenvalue weighted by Gasteiger charge is -2.15. The van der Waals surface area contributed by atoms with Crippen molar-refractivity contribution in [3.05, 3.63) is 59.7 Å². The van der Waals surface area contributed by atoms with Gasteiger partial charge >= 0.3 is 0 Å². The number of benzene rings is 3. The number of nitrogens with zero attached hydrogens (tertiary/aromatic N) is 2. The number of Topliss-reactive ketones (excluding diaryl/α,β-unsaturated/α-hetero) is 1. The van der Waals surface area contributed by atoms with Crippen molar-refractivity contribution >= 4 is 55.3 Å². The highest BCUT2D eigenvalue weighted by atomic mass is 16.2. The molecule has 1 amide bonds. The van der Waals surface area contributed by atoms with Crippen LogP contribution in [0.1, 0.15) is 40.8 Å². The third kappa shape index (κ3) is 1.47. The van der Waals surface area contributed by atoms with Gasteiger partial charge in [-0.05, 0) is 24.1 Å². The lowest BCUT2D eigenvalue weighted by Crippen LogP contribution is -2.14. The van der Waals surface area contributed by atoms with Crippen LogP contribution in [-0.4, -0.2) is 20.8 Å². The zero-order valence-corrected chi connectivity index (χ0v) is 16.1. The molecule has 1 saturated carbocycles. The van der Waals surface area contributed by atoms with Crippen LogP contribution in [0.5, 0.6) is 0 Å². The molecule has 1 N–H and O–H groups in total. The van der Waals surface area contributed by atoms with Gasteiger partial charge in [0.05, 0.1) is 22.6 Å². The number of hydrogen-bond acceptors (Lipinski definition) is 2. The number of amides is 1. The molecule has 1 aliphatic carbocycles. The Bertz CT molecular complexity index is 1650. The van der Waals surface area contributed by atoms with Crippen molar-refractivity contribution in [1.82, 2.24) is 14.5 Å². The van der Waals surface area contributed by atoms with Crippen LogP contribution in [0.4, 0.5) is 0 Å². The Morgan fingerprint density at radius 1 is 0.833 bits per heavy atom. The molecule has 2 unspecified atom stereocenters. The molecule has 30 heavy (non-hydrogen) atoms. The molecule has 2 bridgehead atoms. The van der Waals surface area contributed by atoms with Gasteiger partial charge in [-0.3, -0.25) is 9.59 Å². The highest BCUT2D eigenvalue weighted by Crippen LogP contribution is 2.52. The molecule has 0 spiro atoms. The Kier molecular flexibility index (Phi) is 2.42. The average molecular weight is 391 g/mol. The fraction of sp³-hybridized carbons (Fsp3) is 0.200. The third-order valence-electron chi connectivity index (χ3n) is 7.53. The van der Waals surface area contributed by atoms with Crippen LogP contribution in [0.25, 0.3) is 43.6 Å². The molecule has 0 saturated heterocycles. The standard InChI is InChI=1S/C25H17N3O2/c29-19-10-12-9-18(19)28-17-8-4-1-5-13(17)20-15-11-26-25(30)22(15)21-14-6-2-3-7-16(14)27(12)24(21)23(20)28/h1-8,12,18H,9-11H2,(H,26,30). The second-order valence-electron chi connectivity index (χ2n) is 8.83. The maximum Gasteiger partial charge on any atom is 0.252 e. The Balaban J connectivity index is 1.81. The number of nitrogens with one attached hydrogen (secondary N) is 1. The number of hydrogen-bond donors (Lipinski definition) is 1. The molecule has 1 fully saturated rings. The highest BCUT2D eigenvalue weighted by molar-refractivity contribution is 6.31. The summed E-state index contributed by atoms with van der Waals surface area (Å²) in [5.41, 5.74) is 6.36. The van der Waals surface area contributed by atoms with Crippen molar-refractivity contribution in [2.75, 3.05) is 0 Å². The van der Waals surface area contributed by atoms with E-state index in [1.165, 1.54) is 0 Å². The summed E-state index contributed by atoms with van der Waals surface area (Å²) in [5, 5.41) is 7.50. The zero-order valence-electron chi connectivity index (χ0n) is 16.1. The molecule has 4 heterocycles. The Morgan fingerprint density at radius 2 is 1.50 bits per heavy atom. The van der Waals surface area contributed by atoms with Gasteiger partial charge in [0.2, 0.25) is 0 Å². The lowest BCUT2D eigenvalue weighted by atomic mass is 9.97. The maximum absolute atomic E-state index is 13.2. The number of rotatable bonds is 0. The van der Waals surface area contributed by atoms with Gasteiger partial charge in [-0.1, -0.05) is 36.4 Å². The first-order chi connectivity index (χ1) is 14.7. The SMILES string of the molecule is O=C1NCc2c1c1c3ccccc3n3c1c1c2c2ccccc2n1C1CC3CC1=O. The van der Waals surface area contributed by atoms with Crippen LogP contribution >= 0.6 is 0 Å². The molecule has 5 nitrogen and oxygen atoms in total. The monoisotopic (exact) mass is 391 g/mol. The van der Waals surface area contributed by atoms with Gasteiger partial charge in [0, 0.05) is 51.6 Å². The summed E-state index contributed by atoms with van der Waals surface area (Å²) in [7, 11) is 0. The summed E-state index contributed by atoms with van der Waals surface area (Å²) >= 11 is 0. The summed E-state index contributed by atoms with van der Waals surface area (Å²) < 4.78 is 4.67. The number of aromatic nitrogens is 2. The van der Waals surface area contributed by atoms with E-state index >= 15 is 0 Å². The van der Waals surface area contributed by atoms with Crippen molar-refractivity contribution in [2.24, 2.45) is 0 Å². The second-order valence-corrected chi connectivity index (χ2v) is 8.83. The Labute approximate surface area is 170 Å². The fourth-order valence-electron chi connectivity index (χ4n) is 6.50. The predicted molar refractivity (Wildman–Crippen MR) is 116 cm³/mol. The average Bonchev–Trinajstić information content (AvgIpc) is 3.46. The predicted octanol–water partition coefficient (Wildman–Crippen LogP) is 4.60. The van der Waals surface area contributed by atoms with Gasteiger partial charge in [0.25, 0.3) is 5.91 Å². The zero-order chi connectivity index (χ0) is 19.7. The first kappa shape index (κ1) is 15.3. The van der Waals surface area contributed by atoms with Crippen LogP contribution in [-0.2, 0) is 11.3 Å². The van der Waals surface area contributed by atoms with E-state index in [1.54, 1.807) is 0 Å². The third-order valence-corrected chi connectivity index (χ3v) is 7.53. The molecule has 8 rings (SSSR count). The second kappa shape index (κ2) is 4.75. The van der Waals surface area contributed by atoms with E-state index < -0.39 is 0 Å². The lowest BCUT2D eigenvalue weighted by molar-refractivity contribution is -0.120. The Hall–Kier alpha value is -3.60. The first-order valence-electron chi connectivity index (χ1n) is 10.5. The minimum Gasteiger partial charge on any atom is -0.348 e. The van der Waals surface area contributed by atoms with Crippen molar-refractivity contribution in [3.8, 4) is 0 Å². The van der Waals surface area contributed by atoms with Crippen LogP contribution in [0, 0.1) is 0 Å². The maximum atomic E-state index is 13.2. The smallest absolute Gasteiger partial charge is 0.252 e. The van der Waals surface area contributed by atoms with Crippen LogP contribution in [0.3, 0.4) is 0 Å². The molecule has 5 aromatic rings. The molecule has 3 aromatic carbocycles. The van der Waals surface area contributed by atoms with Crippen LogP contribution < -0.4 is 5.32 Å². The van der Waals surface area contributed by atoms with E-state index in [4.69, 9.17) is 0 Å². The van der Waals surface area contributed by atoms with Gasteiger partial charge in [-0.15, -0.1) is 0 Å². The molecule has 2 atom stereocenters. The summed E-state index contributed by atoms with van der Waals surface area (Å²) in [4.78, 5) is 26.2. The van der Waals surface area contributed by atoms with Gasteiger partial charge < -0.3 is 14.5 Å². The molecule has 3 aliphatic rings. The quantitative estimate of drug-likeness (QED) is 0.419. The first-order valence-corrected chi connectivity index (χ1v) is 10.5. The number of carbonyl (C=O) groups is 2. The van der Waals surface area contributed by atoms with Crippen LogP contribution in [0.2, 0.25) is 0 Å². The van der Waals surface area contributed by atoms with Gasteiger partial charge in [0.15, 0.2) is 5.78 Å². The van der Waals surface area contributed by atoms with E-state index in [1.807, 2.05) is 18.2 Å². The van der Waals surface area contributed by atoms with Gasteiger partial charge in [-0.25, -0.2) is 0 Å². The minimum absolute atomic E-state index is 0.0112. The molecule has 2 aromatic heterocycles. The summed E-state index contributed by atoms with van der Waals surface area (Å²) in [6, 6.07) is 16.7. The summed E-state index contributed by atoms with van der Waals surface area (Å²) in [6.07, 6.45) is 1.36. The van der Waals surface area contributed by atoms with E-state index in [9.17, 15) is 9.59 Å². The molecule has 0 radical (unpaired) electrons. The molecular weight excluding hydrogens is 374 g/mol. The molecular formula is C25H17N3O2. The van der Waals surface area contributed by atoms with Crippen LogP contribution in [0.15, 0.2) is 48.5 Å². The topological polar surface area (TPSA) is 56.0 Å². The Morgan fingerprint density at radius 3 is 2.30 bits per heavy atom. The molecule has 2 aliphatic heterocycles. The normalized spacial score (nSPS) is 22.0. The number of para-hydroxylation sites is 2. The summed E-state index contributed by atoms with van der Waals surface area (Å²) in [5.74, 6) is 0.325.